The lowest BCUT2D eigenvalue weighted by Crippen LogP contribution is -2.13. The maximum atomic E-state index is 10.1. The maximum Gasteiger partial charge on any atom is 0.119 e. The molecule has 1 fully saturated rings. The molecule has 0 saturated heterocycles. The van der Waals surface area contributed by atoms with E-state index in [9.17, 15) is 10.5 Å². The molecule has 0 N–H and O–H groups in total. The lowest BCUT2D eigenvalue weighted by Gasteiger charge is -2.29. The first-order chi connectivity index (χ1) is 18.7. The van der Waals surface area contributed by atoms with E-state index in [4.69, 9.17) is 4.74 Å². The van der Waals surface area contributed by atoms with Crippen LogP contribution < -0.4 is 4.74 Å². The van der Waals surface area contributed by atoms with Crippen molar-refractivity contribution >= 4 is 0 Å². The summed E-state index contributed by atoms with van der Waals surface area (Å²) in [6.45, 7) is 5.12. The van der Waals surface area contributed by atoms with E-state index in [1.165, 1.54) is 56.9 Å². The van der Waals surface area contributed by atoms with Gasteiger partial charge in [-0.3, -0.25) is 0 Å². The SMILES string of the molecule is CCCCCC1CCC(c2ccc(-c3ccc(-c4ccc(OCCCC)cc4)c(C#N)c3C#N)cc2)CC1. The van der Waals surface area contributed by atoms with Crippen LogP contribution in [-0.2, 0) is 0 Å². The Kier molecular flexibility index (Phi) is 10.0. The topological polar surface area (TPSA) is 56.8 Å². The monoisotopic (exact) mass is 504 g/mol. The molecule has 1 aliphatic carbocycles. The van der Waals surface area contributed by atoms with E-state index in [1.807, 2.05) is 36.4 Å². The van der Waals surface area contributed by atoms with Gasteiger partial charge in [-0.1, -0.05) is 94.5 Å². The van der Waals surface area contributed by atoms with Crippen LogP contribution in [0.3, 0.4) is 0 Å². The fraction of sp³-hybridized carbons (Fsp3) is 0.429. The van der Waals surface area contributed by atoms with Crippen LogP contribution in [0.25, 0.3) is 22.3 Å². The minimum atomic E-state index is 0.426. The molecule has 1 saturated carbocycles. The summed E-state index contributed by atoms with van der Waals surface area (Å²) in [6, 6.07) is 25.1. The Morgan fingerprint density at radius 1 is 0.684 bits per heavy atom. The van der Waals surface area contributed by atoms with E-state index in [0.717, 1.165) is 46.8 Å². The molecular formula is C35H40N2O. The number of nitrogens with zero attached hydrogens (tertiary/aromatic N) is 2. The van der Waals surface area contributed by atoms with Crippen molar-refractivity contribution in [2.75, 3.05) is 6.61 Å². The Bertz CT molecular complexity index is 1250. The lowest BCUT2D eigenvalue weighted by molar-refractivity contribution is 0.303. The Hall–Kier alpha value is -3.56. The molecule has 0 amide bonds. The molecule has 196 valence electrons. The van der Waals surface area contributed by atoms with Gasteiger partial charge in [0.2, 0.25) is 0 Å². The van der Waals surface area contributed by atoms with Gasteiger partial charge in [0.15, 0.2) is 0 Å². The number of hydrogen-bond donors (Lipinski definition) is 0. The molecule has 0 aliphatic heterocycles. The van der Waals surface area contributed by atoms with Gasteiger partial charge in [0.25, 0.3) is 0 Å². The second-order valence-electron chi connectivity index (χ2n) is 10.7. The molecule has 0 radical (unpaired) electrons. The number of nitriles is 2. The van der Waals surface area contributed by atoms with Crippen LogP contribution in [0.2, 0.25) is 0 Å². The van der Waals surface area contributed by atoms with Crippen molar-refractivity contribution in [2.24, 2.45) is 5.92 Å². The largest absolute Gasteiger partial charge is 0.494 e. The molecule has 3 aromatic carbocycles. The highest BCUT2D eigenvalue weighted by atomic mass is 16.5. The number of unbranched alkanes of at least 4 members (excludes halogenated alkanes) is 3. The van der Waals surface area contributed by atoms with Crippen molar-refractivity contribution in [3.8, 4) is 40.1 Å². The molecular weight excluding hydrogens is 464 g/mol. The van der Waals surface area contributed by atoms with Gasteiger partial charge in [-0.2, -0.15) is 10.5 Å². The molecule has 3 nitrogen and oxygen atoms in total. The van der Waals surface area contributed by atoms with E-state index in [1.54, 1.807) is 0 Å². The van der Waals surface area contributed by atoms with Crippen molar-refractivity contribution in [2.45, 2.75) is 84.0 Å². The molecule has 4 rings (SSSR count). The fourth-order valence-electron chi connectivity index (χ4n) is 5.78. The third kappa shape index (κ3) is 6.65. The third-order valence-electron chi connectivity index (χ3n) is 8.12. The van der Waals surface area contributed by atoms with Gasteiger partial charge >= 0.3 is 0 Å². The van der Waals surface area contributed by atoms with Crippen molar-refractivity contribution in [1.29, 1.82) is 10.5 Å². The van der Waals surface area contributed by atoms with Crippen LogP contribution in [0, 0.1) is 28.6 Å². The summed E-state index contributed by atoms with van der Waals surface area (Å²) in [6.07, 6.45) is 12.8. The summed E-state index contributed by atoms with van der Waals surface area (Å²) < 4.78 is 5.78. The minimum Gasteiger partial charge on any atom is -0.494 e. The van der Waals surface area contributed by atoms with Crippen LogP contribution in [0.5, 0.6) is 5.75 Å². The summed E-state index contributed by atoms with van der Waals surface area (Å²) in [5, 5.41) is 20.1. The van der Waals surface area contributed by atoms with Gasteiger partial charge in [-0.15, -0.1) is 0 Å². The maximum absolute atomic E-state index is 10.1. The first-order valence-corrected chi connectivity index (χ1v) is 14.5. The number of hydrogen-bond acceptors (Lipinski definition) is 3. The second kappa shape index (κ2) is 13.8. The van der Waals surface area contributed by atoms with E-state index < -0.39 is 0 Å². The second-order valence-corrected chi connectivity index (χ2v) is 10.7. The molecule has 38 heavy (non-hydrogen) atoms. The van der Waals surface area contributed by atoms with Gasteiger partial charge < -0.3 is 4.74 Å². The molecule has 0 aromatic heterocycles. The highest BCUT2D eigenvalue weighted by Gasteiger charge is 2.22. The normalized spacial score (nSPS) is 16.9. The summed E-state index contributed by atoms with van der Waals surface area (Å²) in [7, 11) is 0. The van der Waals surface area contributed by atoms with Gasteiger partial charge in [-0.05, 0) is 72.8 Å². The van der Waals surface area contributed by atoms with E-state index in [0.29, 0.717) is 23.7 Å². The molecule has 0 unspecified atom stereocenters. The Morgan fingerprint density at radius 2 is 1.24 bits per heavy atom. The highest BCUT2D eigenvalue weighted by Crippen LogP contribution is 2.39. The summed E-state index contributed by atoms with van der Waals surface area (Å²) in [5.41, 5.74) is 5.76. The van der Waals surface area contributed by atoms with Gasteiger partial charge in [0, 0.05) is 11.1 Å². The number of benzene rings is 3. The molecule has 3 aromatic rings. The zero-order valence-corrected chi connectivity index (χ0v) is 23.0. The third-order valence-corrected chi connectivity index (χ3v) is 8.12. The van der Waals surface area contributed by atoms with Gasteiger partial charge in [0.05, 0.1) is 17.7 Å². The van der Waals surface area contributed by atoms with E-state index >= 15 is 0 Å². The van der Waals surface area contributed by atoms with Crippen LogP contribution >= 0.6 is 0 Å². The number of ether oxygens (including phenoxy) is 1. The predicted octanol–water partition coefficient (Wildman–Crippen LogP) is 9.80. The predicted molar refractivity (Wildman–Crippen MR) is 156 cm³/mol. The van der Waals surface area contributed by atoms with Crippen molar-refractivity contribution in [3.63, 3.8) is 0 Å². The zero-order valence-electron chi connectivity index (χ0n) is 23.0. The average molecular weight is 505 g/mol. The van der Waals surface area contributed by atoms with Crippen molar-refractivity contribution < 1.29 is 4.74 Å². The first kappa shape index (κ1) is 27.5. The quantitative estimate of drug-likeness (QED) is 0.244. The van der Waals surface area contributed by atoms with E-state index in [2.05, 4.69) is 50.3 Å². The zero-order chi connectivity index (χ0) is 26.7. The van der Waals surface area contributed by atoms with Crippen LogP contribution in [0.4, 0.5) is 0 Å². The van der Waals surface area contributed by atoms with Crippen molar-refractivity contribution in [1.82, 2.24) is 0 Å². The fourth-order valence-corrected chi connectivity index (χ4v) is 5.78. The molecule has 3 heteroatoms. The Balaban J connectivity index is 1.49. The van der Waals surface area contributed by atoms with Gasteiger partial charge in [-0.25, -0.2) is 0 Å². The molecule has 0 spiro atoms. The molecule has 0 heterocycles. The van der Waals surface area contributed by atoms with Gasteiger partial charge in [0.1, 0.15) is 17.9 Å². The first-order valence-electron chi connectivity index (χ1n) is 14.5. The highest BCUT2D eigenvalue weighted by molar-refractivity contribution is 5.82. The summed E-state index contributed by atoms with van der Waals surface area (Å²) in [4.78, 5) is 0. The molecule has 1 aliphatic rings. The molecule has 0 bridgehead atoms. The Morgan fingerprint density at radius 3 is 1.76 bits per heavy atom. The smallest absolute Gasteiger partial charge is 0.119 e. The van der Waals surface area contributed by atoms with Crippen LogP contribution in [-0.4, -0.2) is 6.61 Å². The lowest BCUT2D eigenvalue weighted by atomic mass is 9.77. The minimum absolute atomic E-state index is 0.426. The standard InChI is InChI=1S/C35H40N2O/c1-3-5-7-8-26-9-11-27(12-10-26)28-13-15-29(16-14-28)32-21-22-33(35(25-37)34(32)24-36)30-17-19-31(20-18-30)38-23-6-4-2/h13-22,26-27H,3-12,23H2,1-2H3. The summed E-state index contributed by atoms with van der Waals surface area (Å²) in [5.74, 6) is 2.36. The van der Waals surface area contributed by atoms with Crippen molar-refractivity contribution in [3.05, 3.63) is 77.4 Å². The Labute approximate surface area is 229 Å². The van der Waals surface area contributed by atoms with Crippen LogP contribution in [0.1, 0.15) is 101 Å². The van der Waals surface area contributed by atoms with E-state index in [-0.39, 0.29) is 0 Å². The number of rotatable bonds is 11. The summed E-state index contributed by atoms with van der Waals surface area (Å²) >= 11 is 0. The molecule has 0 atom stereocenters. The average Bonchev–Trinajstić information content (AvgIpc) is 2.97. The van der Waals surface area contributed by atoms with Crippen LogP contribution in [0.15, 0.2) is 60.7 Å².